The summed E-state index contributed by atoms with van der Waals surface area (Å²) in [6, 6.07) is 4.28. The van der Waals surface area contributed by atoms with Gasteiger partial charge < -0.3 is 5.73 Å². The highest BCUT2D eigenvalue weighted by Gasteiger charge is 2.27. The zero-order valence-corrected chi connectivity index (χ0v) is 9.79. The molecular formula is C16H15N. The molecule has 0 aromatic heterocycles. The Hall–Kier alpha value is -1.76. The lowest BCUT2D eigenvalue weighted by Crippen LogP contribution is -2.15. The fourth-order valence-electron chi connectivity index (χ4n) is 3.40. The minimum Gasteiger partial charge on any atom is -0.398 e. The van der Waals surface area contributed by atoms with E-state index < -0.39 is 0 Å². The molecule has 1 aromatic rings. The van der Waals surface area contributed by atoms with Gasteiger partial charge in [0.2, 0.25) is 0 Å². The highest BCUT2D eigenvalue weighted by atomic mass is 14.6. The lowest BCUT2D eigenvalue weighted by atomic mass is 9.73. The highest BCUT2D eigenvalue weighted by Crippen LogP contribution is 2.46. The lowest BCUT2D eigenvalue weighted by molar-refractivity contribution is 0.877. The summed E-state index contributed by atoms with van der Waals surface area (Å²) in [6.45, 7) is 0. The van der Waals surface area contributed by atoms with E-state index >= 15 is 0 Å². The van der Waals surface area contributed by atoms with E-state index in [1.807, 2.05) is 0 Å². The molecule has 0 unspecified atom stereocenters. The first-order valence-electron chi connectivity index (χ1n) is 6.34. The van der Waals surface area contributed by atoms with Crippen LogP contribution in [0.15, 0.2) is 41.5 Å². The van der Waals surface area contributed by atoms with Crippen molar-refractivity contribution < 1.29 is 0 Å². The number of benzene rings is 1. The van der Waals surface area contributed by atoms with E-state index in [9.17, 15) is 0 Å². The molecular weight excluding hydrogens is 206 g/mol. The molecule has 0 aliphatic heterocycles. The molecule has 0 bridgehead atoms. The minimum atomic E-state index is 0.978. The van der Waals surface area contributed by atoms with Crippen molar-refractivity contribution in [2.75, 3.05) is 5.73 Å². The minimum absolute atomic E-state index is 0.978. The number of hydrogen-bond donors (Lipinski definition) is 1. The van der Waals surface area contributed by atoms with Crippen molar-refractivity contribution in [2.24, 2.45) is 0 Å². The first-order chi connectivity index (χ1) is 8.34. The second-order valence-electron chi connectivity index (χ2n) is 5.12. The molecule has 0 heterocycles. The summed E-state index contributed by atoms with van der Waals surface area (Å²) in [6.07, 6.45) is 11.4. The molecule has 2 N–H and O–H groups in total. The van der Waals surface area contributed by atoms with E-state index in [-0.39, 0.29) is 0 Å². The Morgan fingerprint density at radius 1 is 1.06 bits per heavy atom. The lowest BCUT2D eigenvalue weighted by Gasteiger charge is -2.32. The Bertz CT molecular complexity index is 615. The van der Waals surface area contributed by atoms with Crippen LogP contribution in [0.5, 0.6) is 0 Å². The summed E-state index contributed by atoms with van der Waals surface area (Å²) in [7, 11) is 0. The largest absolute Gasteiger partial charge is 0.398 e. The number of allylic oxidation sites excluding steroid dienone is 6. The molecule has 1 heteroatoms. The summed E-state index contributed by atoms with van der Waals surface area (Å²) < 4.78 is 0. The van der Waals surface area contributed by atoms with Gasteiger partial charge in [-0.25, -0.2) is 0 Å². The van der Waals surface area contributed by atoms with Crippen LogP contribution in [-0.2, 0) is 12.8 Å². The third-order valence-corrected chi connectivity index (χ3v) is 4.21. The van der Waals surface area contributed by atoms with E-state index in [2.05, 4.69) is 30.4 Å². The molecule has 0 radical (unpaired) electrons. The summed E-state index contributed by atoms with van der Waals surface area (Å²) in [5.74, 6) is 0. The number of nitrogen functional groups attached to an aromatic ring is 1. The predicted octanol–water partition coefficient (Wildman–Crippen LogP) is 3.41. The molecule has 3 aliphatic carbocycles. The maximum Gasteiger partial charge on any atom is 0.0353 e. The van der Waals surface area contributed by atoms with Gasteiger partial charge in [0.25, 0.3) is 0 Å². The molecule has 1 nitrogen and oxygen atoms in total. The maximum absolute atomic E-state index is 6.14. The molecule has 0 spiro atoms. The molecule has 17 heavy (non-hydrogen) atoms. The third-order valence-electron chi connectivity index (χ3n) is 4.21. The van der Waals surface area contributed by atoms with Crippen molar-refractivity contribution in [2.45, 2.75) is 25.7 Å². The van der Waals surface area contributed by atoms with Crippen LogP contribution in [0.3, 0.4) is 0 Å². The summed E-state index contributed by atoms with van der Waals surface area (Å²) >= 11 is 0. The zero-order chi connectivity index (χ0) is 11.4. The van der Waals surface area contributed by atoms with Crippen LogP contribution in [0.4, 0.5) is 5.69 Å². The quantitative estimate of drug-likeness (QED) is 0.667. The van der Waals surface area contributed by atoms with Gasteiger partial charge in [0.1, 0.15) is 0 Å². The van der Waals surface area contributed by atoms with Gasteiger partial charge in [-0.3, -0.25) is 0 Å². The Morgan fingerprint density at radius 2 is 2.00 bits per heavy atom. The zero-order valence-electron chi connectivity index (χ0n) is 9.79. The first kappa shape index (κ1) is 9.29. The second-order valence-corrected chi connectivity index (χ2v) is 5.12. The highest BCUT2D eigenvalue weighted by molar-refractivity contribution is 5.92. The van der Waals surface area contributed by atoms with Crippen LogP contribution < -0.4 is 5.73 Å². The van der Waals surface area contributed by atoms with Crippen LogP contribution in [0, 0.1) is 0 Å². The van der Waals surface area contributed by atoms with Crippen LogP contribution in [0.25, 0.3) is 5.57 Å². The molecule has 84 valence electrons. The monoisotopic (exact) mass is 221 g/mol. The van der Waals surface area contributed by atoms with E-state index in [0.29, 0.717) is 0 Å². The van der Waals surface area contributed by atoms with Crippen molar-refractivity contribution in [1.82, 2.24) is 0 Å². The summed E-state index contributed by atoms with van der Waals surface area (Å²) in [4.78, 5) is 0. The average molecular weight is 221 g/mol. The number of anilines is 1. The van der Waals surface area contributed by atoms with Gasteiger partial charge in [-0.15, -0.1) is 0 Å². The molecule has 1 aromatic carbocycles. The van der Waals surface area contributed by atoms with Crippen LogP contribution in [-0.4, -0.2) is 0 Å². The van der Waals surface area contributed by atoms with Crippen LogP contribution >= 0.6 is 0 Å². The van der Waals surface area contributed by atoms with Crippen molar-refractivity contribution >= 4 is 11.3 Å². The van der Waals surface area contributed by atoms with Crippen LogP contribution in [0.1, 0.15) is 29.5 Å². The third kappa shape index (κ3) is 1.14. The molecule has 4 rings (SSSR count). The maximum atomic E-state index is 6.14. The molecule has 0 fully saturated rings. The number of nitrogens with two attached hydrogens (primary N) is 1. The van der Waals surface area contributed by atoms with Gasteiger partial charge >= 0.3 is 0 Å². The van der Waals surface area contributed by atoms with Gasteiger partial charge in [0.05, 0.1) is 0 Å². The van der Waals surface area contributed by atoms with E-state index in [4.69, 9.17) is 5.73 Å². The van der Waals surface area contributed by atoms with Crippen molar-refractivity contribution in [3.63, 3.8) is 0 Å². The van der Waals surface area contributed by atoms with Gasteiger partial charge in [-0.2, -0.15) is 0 Å². The topological polar surface area (TPSA) is 26.0 Å². The van der Waals surface area contributed by atoms with Crippen molar-refractivity contribution in [3.8, 4) is 0 Å². The molecule has 0 saturated heterocycles. The Labute approximate surface area is 101 Å². The standard InChI is InChI=1S/C16H15N/c17-14-9-7-12-5-4-10-2-1-3-11-6-8-13(14)16(12)15(10)11/h1-2,4,7,9H,3,5-6,8,17H2. The van der Waals surface area contributed by atoms with E-state index in [0.717, 1.165) is 24.9 Å². The van der Waals surface area contributed by atoms with Gasteiger partial charge in [-0.1, -0.05) is 29.9 Å². The Balaban J connectivity index is 2.08. The second kappa shape index (κ2) is 3.13. The fraction of sp³-hybridized carbons (Fsp3) is 0.250. The Kier molecular flexibility index (Phi) is 1.71. The smallest absolute Gasteiger partial charge is 0.0353 e. The molecule has 3 aliphatic rings. The molecule has 0 saturated carbocycles. The van der Waals surface area contributed by atoms with E-state index in [1.165, 1.54) is 34.3 Å². The SMILES string of the molecule is Nc1ccc2c3c1CCC1=C3C(=CC2)C=CC1. The normalized spacial score (nSPS) is 20.1. The molecule has 0 atom stereocenters. The van der Waals surface area contributed by atoms with Gasteiger partial charge in [0, 0.05) is 5.69 Å². The van der Waals surface area contributed by atoms with Gasteiger partial charge in [-0.05, 0) is 59.6 Å². The number of rotatable bonds is 0. The number of hydrogen-bond acceptors (Lipinski definition) is 1. The van der Waals surface area contributed by atoms with Crippen LogP contribution in [0.2, 0.25) is 0 Å². The van der Waals surface area contributed by atoms with Crippen molar-refractivity contribution in [1.29, 1.82) is 0 Å². The first-order valence-corrected chi connectivity index (χ1v) is 6.34. The predicted molar refractivity (Wildman–Crippen MR) is 71.6 cm³/mol. The van der Waals surface area contributed by atoms with Crippen molar-refractivity contribution in [3.05, 3.63) is 58.2 Å². The molecule has 0 amide bonds. The summed E-state index contributed by atoms with van der Waals surface area (Å²) in [5.41, 5.74) is 16.0. The van der Waals surface area contributed by atoms with Gasteiger partial charge in [0.15, 0.2) is 0 Å². The van der Waals surface area contributed by atoms with E-state index in [1.54, 1.807) is 5.57 Å². The summed E-state index contributed by atoms with van der Waals surface area (Å²) in [5, 5.41) is 0. The Morgan fingerprint density at radius 3 is 2.94 bits per heavy atom. The fourth-order valence-corrected chi connectivity index (χ4v) is 3.40. The average Bonchev–Trinajstić information content (AvgIpc) is 2.38.